The van der Waals surface area contributed by atoms with Crippen molar-refractivity contribution in [3.05, 3.63) is 64.5 Å². The summed E-state index contributed by atoms with van der Waals surface area (Å²) in [6, 6.07) is 12.5. The molecule has 9 nitrogen and oxygen atoms in total. The summed E-state index contributed by atoms with van der Waals surface area (Å²) >= 11 is 0. The number of aromatic nitrogens is 4. The fraction of sp³-hybridized carbons (Fsp3) is 0.400. The zero-order valence-electron chi connectivity index (χ0n) is 20.1. The molecule has 0 unspecified atom stereocenters. The summed E-state index contributed by atoms with van der Waals surface area (Å²) < 4.78 is 30.0. The van der Waals surface area contributed by atoms with E-state index in [1.54, 1.807) is 22.5 Å². The number of rotatable bonds is 7. The third kappa shape index (κ3) is 4.61. The summed E-state index contributed by atoms with van der Waals surface area (Å²) in [4.78, 5) is 27.0. The molecule has 4 aromatic rings. The van der Waals surface area contributed by atoms with Gasteiger partial charge in [-0.2, -0.15) is 4.31 Å². The summed E-state index contributed by atoms with van der Waals surface area (Å²) in [5, 5.41) is 0.571. The highest BCUT2D eigenvalue weighted by Crippen LogP contribution is 2.25. The lowest BCUT2D eigenvalue weighted by Crippen LogP contribution is -2.35. The maximum atomic E-state index is 13.1. The van der Waals surface area contributed by atoms with Crippen molar-refractivity contribution in [3.8, 4) is 0 Å². The molecular formula is C25H30N6O3S. The molecule has 0 spiro atoms. The molecule has 3 heterocycles. The second kappa shape index (κ2) is 9.52. The molecule has 1 aliphatic heterocycles. The highest BCUT2D eigenvalue weighted by molar-refractivity contribution is 7.89. The van der Waals surface area contributed by atoms with E-state index in [-0.39, 0.29) is 5.56 Å². The number of piperidine rings is 1. The molecule has 1 fully saturated rings. The highest BCUT2D eigenvalue weighted by atomic mass is 32.2. The number of aryl methyl sites for hydroxylation is 1. The molecule has 2 aromatic carbocycles. The Balaban J connectivity index is 1.40. The second-order valence-corrected chi connectivity index (χ2v) is 11.0. The van der Waals surface area contributed by atoms with Crippen LogP contribution >= 0.6 is 0 Å². The number of para-hydroxylation sites is 1. The van der Waals surface area contributed by atoms with Crippen LogP contribution in [0.25, 0.3) is 21.9 Å². The quantitative estimate of drug-likeness (QED) is 0.423. The van der Waals surface area contributed by atoms with Crippen molar-refractivity contribution in [2.24, 2.45) is 0 Å². The van der Waals surface area contributed by atoms with Crippen molar-refractivity contribution in [2.45, 2.75) is 50.7 Å². The van der Waals surface area contributed by atoms with Crippen molar-refractivity contribution < 1.29 is 8.42 Å². The van der Waals surface area contributed by atoms with E-state index in [0.717, 1.165) is 30.6 Å². The number of imidazole rings is 1. The van der Waals surface area contributed by atoms with E-state index in [9.17, 15) is 13.2 Å². The van der Waals surface area contributed by atoms with Gasteiger partial charge in [0.15, 0.2) is 0 Å². The minimum absolute atomic E-state index is 0.151. The number of aromatic amines is 1. The molecule has 0 saturated carbocycles. The fourth-order valence-corrected chi connectivity index (χ4v) is 6.35. The Hall–Kier alpha value is -3.08. The summed E-state index contributed by atoms with van der Waals surface area (Å²) in [5.41, 5.74) is 2.10. The van der Waals surface area contributed by atoms with Crippen LogP contribution < -0.4 is 5.56 Å². The van der Waals surface area contributed by atoms with E-state index < -0.39 is 10.0 Å². The van der Waals surface area contributed by atoms with Crippen LogP contribution in [0.4, 0.5) is 0 Å². The van der Waals surface area contributed by atoms with E-state index in [1.165, 1.54) is 0 Å². The van der Waals surface area contributed by atoms with E-state index in [4.69, 9.17) is 4.98 Å². The maximum Gasteiger partial charge on any atom is 0.258 e. The number of fused-ring (bicyclic) bond motifs is 2. The molecule has 0 amide bonds. The highest BCUT2D eigenvalue weighted by Gasteiger charge is 2.26. The largest absolute Gasteiger partial charge is 0.327 e. The van der Waals surface area contributed by atoms with Gasteiger partial charge in [-0.3, -0.25) is 9.69 Å². The molecule has 0 aliphatic carbocycles. The van der Waals surface area contributed by atoms with E-state index in [0.29, 0.717) is 59.9 Å². The van der Waals surface area contributed by atoms with Gasteiger partial charge >= 0.3 is 0 Å². The van der Waals surface area contributed by atoms with Crippen molar-refractivity contribution >= 4 is 32.0 Å². The molecule has 35 heavy (non-hydrogen) atoms. The Labute approximate surface area is 204 Å². The zero-order chi connectivity index (χ0) is 24.6. The minimum atomic E-state index is -3.52. The van der Waals surface area contributed by atoms with Crippen LogP contribution in [0.3, 0.4) is 0 Å². The first-order valence-electron chi connectivity index (χ1n) is 12.0. The summed E-state index contributed by atoms with van der Waals surface area (Å²) in [5.74, 6) is 1.42. The number of benzene rings is 2. The van der Waals surface area contributed by atoms with Crippen LogP contribution in [0, 0.1) is 0 Å². The Morgan fingerprint density at radius 1 is 1.00 bits per heavy atom. The van der Waals surface area contributed by atoms with Crippen molar-refractivity contribution in [2.75, 3.05) is 20.1 Å². The Morgan fingerprint density at radius 3 is 2.54 bits per heavy atom. The van der Waals surface area contributed by atoms with Crippen molar-refractivity contribution in [1.82, 2.24) is 28.7 Å². The summed E-state index contributed by atoms with van der Waals surface area (Å²) in [6.07, 6.45) is 2.88. The Kier molecular flexibility index (Phi) is 6.43. The van der Waals surface area contributed by atoms with Gasteiger partial charge < -0.3 is 9.55 Å². The molecule has 184 valence electrons. The van der Waals surface area contributed by atoms with Crippen LogP contribution in [-0.2, 0) is 29.7 Å². The van der Waals surface area contributed by atoms with Crippen LogP contribution in [0.1, 0.15) is 37.8 Å². The Bertz CT molecular complexity index is 1540. The third-order valence-electron chi connectivity index (χ3n) is 6.56. The van der Waals surface area contributed by atoms with E-state index in [2.05, 4.69) is 14.5 Å². The lowest BCUT2D eigenvalue weighted by Gasteiger charge is -2.25. The van der Waals surface area contributed by atoms with Crippen LogP contribution in [-0.4, -0.2) is 57.3 Å². The molecule has 1 aliphatic rings. The molecule has 2 aromatic heterocycles. The summed E-state index contributed by atoms with van der Waals surface area (Å²) in [6.45, 7) is 4.87. The van der Waals surface area contributed by atoms with Gasteiger partial charge in [-0.15, -0.1) is 0 Å². The average Bonchev–Trinajstić information content (AvgIpc) is 3.20. The third-order valence-corrected chi connectivity index (χ3v) is 8.46. The smallest absolute Gasteiger partial charge is 0.258 e. The molecule has 10 heteroatoms. The predicted octanol–water partition coefficient (Wildman–Crippen LogP) is 3.10. The fourth-order valence-electron chi connectivity index (χ4n) is 4.81. The zero-order valence-corrected chi connectivity index (χ0v) is 20.9. The molecule has 0 atom stereocenters. The van der Waals surface area contributed by atoms with Crippen LogP contribution in [0.15, 0.2) is 52.2 Å². The van der Waals surface area contributed by atoms with Crippen molar-refractivity contribution in [3.63, 3.8) is 0 Å². The topological polar surface area (TPSA) is 104 Å². The minimum Gasteiger partial charge on any atom is -0.327 e. The molecular weight excluding hydrogens is 464 g/mol. The molecule has 0 bridgehead atoms. The number of nitrogens with one attached hydrogen (secondary N) is 1. The average molecular weight is 495 g/mol. The lowest BCUT2D eigenvalue weighted by molar-refractivity contribution is 0.298. The SMILES string of the molecule is CCn1c(CN(C)Cc2nc3ccccc3c(=O)[nH]2)nc2cc(S(=O)(=O)N3CCCCC3)ccc21. The van der Waals surface area contributed by atoms with Gasteiger partial charge in [-0.25, -0.2) is 18.4 Å². The molecule has 1 saturated heterocycles. The van der Waals surface area contributed by atoms with Gasteiger partial charge in [-0.05, 0) is 57.1 Å². The van der Waals surface area contributed by atoms with Gasteiger partial charge in [0.1, 0.15) is 11.6 Å². The molecule has 1 N–H and O–H groups in total. The first-order valence-corrected chi connectivity index (χ1v) is 13.5. The van der Waals surface area contributed by atoms with E-state index in [1.807, 2.05) is 43.1 Å². The number of H-pyrrole nitrogens is 1. The lowest BCUT2D eigenvalue weighted by atomic mass is 10.2. The Morgan fingerprint density at radius 2 is 1.77 bits per heavy atom. The monoisotopic (exact) mass is 494 g/mol. The van der Waals surface area contributed by atoms with Gasteiger partial charge in [0.25, 0.3) is 5.56 Å². The van der Waals surface area contributed by atoms with Gasteiger partial charge in [0.05, 0.1) is 39.9 Å². The second-order valence-electron chi connectivity index (χ2n) is 9.09. The maximum absolute atomic E-state index is 13.1. The van der Waals surface area contributed by atoms with Gasteiger partial charge in [-0.1, -0.05) is 18.6 Å². The first-order chi connectivity index (χ1) is 16.9. The molecule has 5 rings (SSSR count). The predicted molar refractivity (Wildman–Crippen MR) is 136 cm³/mol. The standard InChI is InChI=1S/C25H30N6O3S/c1-3-31-22-12-11-18(35(33,34)30-13-7-4-8-14-30)15-21(22)27-24(31)17-29(2)16-23-26-20-10-6-5-9-19(20)25(32)28-23/h5-6,9-12,15H,3-4,7-8,13-14,16-17H2,1-2H3,(H,26,28,32). The number of hydrogen-bond acceptors (Lipinski definition) is 6. The van der Waals surface area contributed by atoms with Gasteiger partial charge in [0.2, 0.25) is 10.0 Å². The number of hydrogen-bond donors (Lipinski definition) is 1. The molecule has 0 radical (unpaired) electrons. The van der Waals surface area contributed by atoms with Crippen LogP contribution in [0.2, 0.25) is 0 Å². The summed E-state index contributed by atoms with van der Waals surface area (Å²) in [7, 11) is -1.57. The number of nitrogens with zero attached hydrogens (tertiary/aromatic N) is 5. The van der Waals surface area contributed by atoms with Crippen molar-refractivity contribution in [1.29, 1.82) is 0 Å². The normalized spacial score (nSPS) is 15.4. The van der Waals surface area contributed by atoms with Gasteiger partial charge in [0, 0.05) is 19.6 Å². The van der Waals surface area contributed by atoms with Crippen LogP contribution in [0.5, 0.6) is 0 Å². The van der Waals surface area contributed by atoms with E-state index >= 15 is 0 Å². The first kappa shape index (κ1) is 23.7. The number of sulfonamides is 1.